The van der Waals surface area contributed by atoms with Crippen molar-refractivity contribution in [3.05, 3.63) is 22.2 Å². The number of fused-ring (bicyclic) bond motifs is 1. The fourth-order valence-electron chi connectivity index (χ4n) is 3.72. The van der Waals surface area contributed by atoms with Gasteiger partial charge >= 0.3 is 0 Å². The maximum absolute atomic E-state index is 12.7. The highest BCUT2D eigenvalue weighted by Crippen LogP contribution is 2.32. The number of likely N-dealkylation sites (N-methyl/N-ethyl adjacent to an activating group) is 1. The zero-order chi connectivity index (χ0) is 18.7. The Morgan fingerprint density at radius 3 is 2.69 bits per heavy atom. The summed E-state index contributed by atoms with van der Waals surface area (Å²) in [6.45, 7) is 1.05. The molecule has 1 aromatic rings. The van der Waals surface area contributed by atoms with Crippen molar-refractivity contribution >= 4 is 37.5 Å². The molecule has 0 aromatic heterocycles. The highest BCUT2D eigenvalue weighted by molar-refractivity contribution is 9.10. The van der Waals surface area contributed by atoms with E-state index in [2.05, 4.69) is 37.9 Å². The lowest BCUT2D eigenvalue weighted by Crippen LogP contribution is -2.39. The van der Waals surface area contributed by atoms with Gasteiger partial charge in [0, 0.05) is 35.7 Å². The van der Waals surface area contributed by atoms with Gasteiger partial charge in [-0.1, -0.05) is 19.3 Å². The van der Waals surface area contributed by atoms with Crippen LogP contribution in [-0.2, 0) is 21.2 Å². The molecule has 3 rings (SSSR count). The molecule has 26 heavy (non-hydrogen) atoms. The van der Waals surface area contributed by atoms with E-state index in [0.717, 1.165) is 5.56 Å². The van der Waals surface area contributed by atoms with Gasteiger partial charge in [-0.15, -0.1) is 0 Å². The van der Waals surface area contributed by atoms with Crippen LogP contribution in [-0.4, -0.2) is 45.4 Å². The first kappa shape index (κ1) is 19.8. The van der Waals surface area contributed by atoms with Crippen LogP contribution >= 0.6 is 15.9 Å². The van der Waals surface area contributed by atoms with Crippen molar-refractivity contribution in [2.75, 3.05) is 25.5 Å². The van der Waals surface area contributed by atoms with Crippen molar-refractivity contribution < 1.29 is 13.2 Å². The third kappa shape index (κ3) is 4.65. The Morgan fingerprint density at radius 1 is 1.23 bits per heavy atom. The molecular formula is C18H26BrN3O3S. The number of halogens is 1. The molecule has 1 amide bonds. The van der Waals surface area contributed by atoms with Crippen LogP contribution in [0.3, 0.4) is 0 Å². The maximum Gasteiger partial charge on any atom is 0.241 e. The predicted molar refractivity (Wildman–Crippen MR) is 106 cm³/mol. The van der Waals surface area contributed by atoms with Crippen LogP contribution in [0, 0.1) is 0 Å². The van der Waals surface area contributed by atoms with Crippen molar-refractivity contribution in [3.8, 4) is 0 Å². The molecular weight excluding hydrogens is 418 g/mol. The lowest BCUT2D eigenvalue weighted by molar-refractivity contribution is -0.116. The van der Waals surface area contributed by atoms with E-state index in [9.17, 15) is 13.2 Å². The molecule has 1 saturated carbocycles. The van der Waals surface area contributed by atoms with Gasteiger partial charge in [-0.2, -0.15) is 0 Å². The number of amides is 1. The van der Waals surface area contributed by atoms with Gasteiger partial charge in [0.2, 0.25) is 15.9 Å². The number of hydrogen-bond donors (Lipinski definition) is 2. The second-order valence-electron chi connectivity index (χ2n) is 7.16. The monoisotopic (exact) mass is 443 g/mol. The van der Waals surface area contributed by atoms with Gasteiger partial charge in [0.1, 0.15) is 0 Å². The van der Waals surface area contributed by atoms with Crippen LogP contribution in [0.25, 0.3) is 0 Å². The van der Waals surface area contributed by atoms with Gasteiger partial charge in [0.25, 0.3) is 0 Å². The summed E-state index contributed by atoms with van der Waals surface area (Å²) in [5, 5.41) is 2.76. The molecule has 0 saturated heterocycles. The van der Waals surface area contributed by atoms with Crippen molar-refractivity contribution in [1.82, 2.24) is 9.62 Å². The molecule has 1 fully saturated rings. The summed E-state index contributed by atoms with van der Waals surface area (Å²) in [7, 11) is -1.58. The Hall–Kier alpha value is -0.960. The van der Waals surface area contributed by atoms with Crippen LogP contribution in [0.5, 0.6) is 0 Å². The Morgan fingerprint density at radius 2 is 1.96 bits per heavy atom. The van der Waals surface area contributed by atoms with Crippen LogP contribution < -0.4 is 10.0 Å². The Labute approximate surface area is 163 Å². The fraction of sp³-hybridized carbons (Fsp3) is 0.611. The third-order valence-electron chi connectivity index (χ3n) is 5.30. The molecule has 1 aliphatic carbocycles. The summed E-state index contributed by atoms with van der Waals surface area (Å²) in [4.78, 5) is 14.0. The van der Waals surface area contributed by atoms with Gasteiger partial charge in [-0.3, -0.25) is 4.79 Å². The van der Waals surface area contributed by atoms with Gasteiger partial charge in [-0.25, -0.2) is 13.1 Å². The molecule has 0 spiro atoms. The first-order valence-electron chi connectivity index (χ1n) is 9.19. The molecule has 1 heterocycles. The predicted octanol–water partition coefficient (Wildman–Crippen LogP) is 2.88. The minimum atomic E-state index is -3.64. The van der Waals surface area contributed by atoms with E-state index in [4.69, 9.17) is 0 Å². The molecule has 0 atom stereocenters. The zero-order valence-corrected chi connectivity index (χ0v) is 17.5. The first-order valence-corrected chi connectivity index (χ1v) is 11.5. The lowest BCUT2D eigenvalue weighted by atomic mass is 9.94. The van der Waals surface area contributed by atoms with Crippen LogP contribution in [0.2, 0.25) is 0 Å². The number of sulfonamides is 1. The minimum absolute atomic E-state index is 0.0785. The smallest absolute Gasteiger partial charge is 0.241 e. The summed E-state index contributed by atoms with van der Waals surface area (Å²) in [5.41, 5.74) is 1.54. The average Bonchev–Trinajstić information content (AvgIpc) is 2.62. The molecule has 1 aromatic carbocycles. The number of rotatable bonds is 6. The number of anilines is 1. The summed E-state index contributed by atoms with van der Waals surface area (Å²) in [6, 6.07) is 3.89. The number of aryl methyl sites for hydroxylation is 1. The van der Waals surface area contributed by atoms with Gasteiger partial charge in [0.05, 0.1) is 4.90 Å². The molecule has 0 radical (unpaired) electrons. The van der Waals surface area contributed by atoms with Crippen molar-refractivity contribution in [3.63, 3.8) is 0 Å². The van der Waals surface area contributed by atoms with Gasteiger partial charge in [0.15, 0.2) is 0 Å². The quantitative estimate of drug-likeness (QED) is 0.708. The Kier molecular flexibility index (Phi) is 6.37. The normalized spacial score (nSPS) is 18.7. The SMILES string of the molecule is CN(CCNS(=O)(=O)c1cc2c(cc1Br)CCC(=O)N2)C1CCCCC1. The highest BCUT2D eigenvalue weighted by atomic mass is 79.9. The van der Waals surface area contributed by atoms with E-state index in [-0.39, 0.29) is 10.8 Å². The van der Waals surface area contributed by atoms with Gasteiger partial charge in [-0.05, 0) is 59.9 Å². The Balaban J connectivity index is 1.64. The molecule has 6 nitrogen and oxygen atoms in total. The lowest BCUT2D eigenvalue weighted by Gasteiger charge is -2.31. The molecule has 144 valence electrons. The van der Waals surface area contributed by atoms with Crippen LogP contribution in [0.15, 0.2) is 21.5 Å². The second kappa shape index (κ2) is 8.37. The molecule has 0 unspecified atom stereocenters. The number of hydrogen-bond acceptors (Lipinski definition) is 4. The van der Waals surface area contributed by atoms with Crippen molar-refractivity contribution in [2.24, 2.45) is 0 Å². The van der Waals surface area contributed by atoms with E-state index in [1.54, 1.807) is 12.1 Å². The average molecular weight is 444 g/mol. The molecule has 2 aliphatic rings. The summed E-state index contributed by atoms with van der Waals surface area (Å²) in [5.74, 6) is -0.0785. The second-order valence-corrected chi connectivity index (χ2v) is 9.75. The maximum atomic E-state index is 12.7. The highest BCUT2D eigenvalue weighted by Gasteiger charge is 2.24. The summed E-state index contributed by atoms with van der Waals surface area (Å²) in [6.07, 6.45) is 7.26. The number of nitrogens with one attached hydrogen (secondary N) is 2. The largest absolute Gasteiger partial charge is 0.326 e. The summed E-state index contributed by atoms with van der Waals surface area (Å²) >= 11 is 3.37. The van der Waals surface area contributed by atoms with Crippen LogP contribution in [0.1, 0.15) is 44.1 Å². The molecule has 1 aliphatic heterocycles. The van der Waals surface area contributed by atoms with Crippen molar-refractivity contribution in [2.45, 2.75) is 55.9 Å². The van der Waals surface area contributed by atoms with Gasteiger partial charge < -0.3 is 10.2 Å². The standard InChI is InChI=1S/C18H26BrN3O3S/c1-22(14-5-3-2-4-6-14)10-9-20-26(24,25)17-12-16-13(11-15(17)19)7-8-18(23)21-16/h11-12,14,20H,2-10H2,1H3,(H,21,23). The van der Waals surface area contributed by atoms with E-state index in [1.165, 1.54) is 32.1 Å². The number of carbonyl (C=O) groups is 1. The fourth-order valence-corrected chi connectivity index (χ4v) is 5.86. The zero-order valence-electron chi connectivity index (χ0n) is 15.1. The molecule has 0 bridgehead atoms. The first-order chi connectivity index (χ1) is 12.4. The van der Waals surface area contributed by atoms with E-state index < -0.39 is 10.0 Å². The third-order valence-corrected chi connectivity index (χ3v) is 7.72. The number of nitrogens with zero attached hydrogens (tertiary/aromatic N) is 1. The van der Waals surface area contributed by atoms with E-state index in [1.807, 2.05) is 0 Å². The minimum Gasteiger partial charge on any atom is -0.326 e. The van der Waals surface area contributed by atoms with E-state index in [0.29, 0.717) is 42.1 Å². The number of benzene rings is 1. The molecule has 2 N–H and O–H groups in total. The Bertz CT molecular complexity index is 776. The summed E-state index contributed by atoms with van der Waals surface area (Å²) < 4.78 is 28.6. The molecule has 8 heteroatoms. The van der Waals surface area contributed by atoms with Crippen molar-refractivity contribution in [1.29, 1.82) is 0 Å². The topological polar surface area (TPSA) is 78.5 Å². The van der Waals surface area contributed by atoms with E-state index >= 15 is 0 Å². The van der Waals surface area contributed by atoms with Crippen LogP contribution in [0.4, 0.5) is 5.69 Å². The number of carbonyl (C=O) groups excluding carboxylic acids is 1.